The molecule has 0 aliphatic carbocycles. The molecule has 0 heterocycles. The quantitative estimate of drug-likeness (QED) is 0.737. The third-order valence-electron chi connectivity index (χ3n) is 3.16. The van der Waals surface area contributed by atoms with E-state index in [2.05, 4.69) is 5.32 Å². The van der Waals surface area contributed by atoms with Crippen LogP contribution in [0, 0.1) is 11.6 Å². The van der Waals surface area contributed by atoms with E-state index in [1.807, 2.05) is 19.1 Å². The molecule has 2 aromatic carbocycles. The number of nitrogens with one attached hydrogen (secondary N) is 1. The van der Waals surface area contributed by atoms with Crippen LogP contribution in [0.1, 0.15) is 19.8 Å². The summed E-state index contributed by atoms with van der Waals surface area (Å²) in [5, 5.41) is 2.35. The lowest BCUT2D eigenvalue weighted by molar-refractivity contribution is -0.116. The Balaban J connectivity index is 1.78. The smallest absolute Gasteiger partial charge is 0.224 e. The molecule has 0 atom stereocenters. The average molecular weight is 335 g/mol. The molecule has 24 heavy (non-hydrogen) atoms. The molecule has 1 N–H and O–H groups in total. The summed E-state index contributed by atoms with van der Waals surface area (Å²) >= 11 is 0. The molecule has 2 aromatic rings. The zero-order valence-corrected chi connectivity index (χ0v) is 13.4. The Morgan fingerprint density at radius 1 is 1.08 bits per heavy atom. The molecule has 0 radical (unpaired) electrons. The molecule has 128 valence electrons. The van der Waals surface area contributed by atoms with E-state index in [0.717, 1.165) is 18.2 Å². The first-order valence-electron chi connectivity index (χ1n) is 7.69. The maximum atomic E-state index is 13.4. The summed E-state index contributed by atoms with van der Waals surface area (Å²) in [7, 11) is 0. The normalized spacial score (nSPS) is 10.3. The van der Waals surface area contributed by atoms with Crippen molar-refractivity contribution in [3.8, 4) is 11.5 Å². The molecule has 6 heteroatoms. The average Bonchev–Trinajstić information content (AvgIpc) is 2.56. The highest BCUT2D eigenvalue weighted by molar-refractivity contribution is 5.90. The number of benzene rings is 2. The predicted octanol–water partition coefficient (Wildman–Crippen LogP) is 4.16. The minimum absolute atomic E-state index is 0.132. The van der Waals surface area contributed by atoms with E-state index in [9.17, 15) is 13.6 Å². The van der Waals surface area contributed by atoms with E-state index in [0.29, 0.717) is 31.1 Å². The number of rotatable bonds is 8. The Morgan fingerprint density at radius 3 is 2.50 bits per heavy atom. The standard InChI is InChI=1S/C18H19F2NO3/c1-2-23-16-6-3-4-7-17(16)24-11-5-8-18(22)21-15-12-13(19)9-10-14(15)20/h3-4,6-7,9-10,12H,2,5,8,11H2,1H3,(H,21,22). The number of amides is 1. The molecule has 0 spiro atoms. The summed E-state index contributed by atoms with van der Waals surface area (Å²) in [6.45, 7) is 2.72. The van der Waals surface area contributed by atoms with Gasteiger partial charge in [-0.05, 0) is 37.6 Å². The van der Waals surface area contributed by atoms with Gasteiger partial charge in [0.25, 0.3) is 0 Å². The van der Waals surface area contributed by atoms with Crippen LogP contribution in [0.15, 0.2) is 42.5 Å². The first-order valence-corrected chi connectivity index (χ1v) is 7.69. The van der Waals surface area contributed by atoms with E-state index in [1.54, 1.807) is 12.1 Å². The third-order valence-corrected chi connectivity index (χ3v) is 3.16. The van der Waals surface area contributed by atoms with E-state index >= 15 is 0 Å². The molecular weight excluding hydrogens is 316 g/mol. The fourth-order valence-corrected chi connectivity index (χ4v) is 2.06. The maximum absolute atomic E-state index is 13.4. The lowest BCUT2D eigenvalue weighted by Crippen LogP contribution is -2.14. The number of carbonyl (C=O) groups excluding carboxylic acids is 1. The molecule has 0 saturated carbocycles. The molecule has 0 saturated heterocycles. The van der Waals surface area contributed by atoms with Gasteiger partial charge in [0.05, 0.1) is 18.9 Å². The van der Waals surface area contributed by atoms with E-state index < -0.39 is 17.5 Å². The lowest BCUT2D eigenvalue weighted by atomic mass is 10.2. The third kappa shape index (κ3) is 5.22. The van der Waals surface area contributed by atoms with Crippen LogP contribution in [-0.4, -0.2) is 19.1 Å². The molecule has 0 aliphatic heterocycles. The van der Waals surface area contributed by atoms with E-state index in [-0.39, 0.29) is 12.1 Å². The molecule has 0 aromatic heterocycles. The fraction of sp³-hybridized carbons (Fsp3) is 0.278. The zero-order valence-electron chi connectivity index (χ0n) is 13.4. The SMILES string of the molecule is CCOc1ccccc1OCCCC(=O)Nc1cc(F)ccc1F. The maximum Gasteiger partial charge on any atom is 0.224 e. The number of ether oxygens (including phenoxy) is 2. The first kappa shape index (κ1) is 17.7. The van der Waals surface area contributed by atoms with Gasteiger partial charge in [0.2, 0.25) is 5.91 Å². The summed E-state index contributed by atoms with van der Waals surface area (Å²) in [6.07, 6.45) is 0.565. The van der Waals surface area contributed by atoms with Crippen LogP contribution in [0.4, 0.5) is 14.5 Å². The summed E-state index contributed by atoms with van der Waals surface area (Å²) in [5.74, 6) is -0.433. The van der Waals surface area contributed by atoms with Crippen LogP contribution >= 0.6 is 0 Å². The van der Waals surface area contributed by atoms with Crippen molar-refractivity contribution in [1.82, 2.24) is 0 Å². The van der Waals surface area contributed by atoms with Gasteiger partial charge in [-0.25, -0.2) is 8.78 Å². The van der Waals surface area contributed by atoms with Gasteiger partial charge in [0.1, 0.15) is 11.6 Å². The first-order chi connectivity index (χ1) is 11.6. The molecule has 2 rings (SSSR count). The molecule has 0 unspecified atom stereocenters. The van der Waals surface area contributed by atoms with Crippen molar-refractivity contribution in [2.24, 2.45) is 0 Å². The number of hydrogen-bond acceptors (Lipinski definition) is 3. The van der Waals surface area contributed by atoms with Crippen molar-refractivity contribution in [2.75, 3.05) is 18.5 Å². The molecule has 4 nitrogen and oxygen atoms in total. The number of para-hydroxylation sites is 2. The zero-order chi connectivity index (χ0) is 17.4. The Bertz CT molecular complexity index is 692. The summed E-state index contributed by atoms with van der Waals surface area (Å²) < 4.78 is 37.5. The van der Waals surface area contributed by atoms with Gasteiger partial charge in [0.15, 0.2) is 11.5 Å². The second kappa shape index (κ2) is 8.86. The highest BCUT2D eigenvalue weighted by Crippen LogP contribution is 2.26. The Morgan fingerprint density at radius 2 is 1.79 bits per heavy atom. The fourth-order valence-electron chi connectivity index (χ4n) is 2.06. The highest BCUT2D eigenvalue weighted by atomic mass is 19.1. The molecule has 0 aliphatic rings. The second-order valence-electron chi connectivity index (χ2n) is 5.00. The van der Waals surface area contributed by atoms with Gasteiger partial charge in [-0.15, -0.1) is 0 Å². The number of hydrogen-bond donors (Lipinski definition) is 1. The van der Waals surface area contributed by atoms with Gasteiger partial charge in [-0.1, -0.05) is 12.1 Å². The minimum atomic E-state index is -0.674. The number of anilines is 1. The summed E-state index contributed by atoms with van der Waals surface area (Å²) in [6, 6.07) is 10.2. The van der Waals surface area contributed by atoms with Crippen molar-refractivity contribution < 1.29 is 23.0 Å². The van der Waals surface area contributed by atoms with Crippen molar-refractivity contribution in [2.45, 2.75) is 19.8 Å². The minimum Gasteiger partial charge on any atom is -0.490 e. The summed E-state index contributed by atoms with van der Waals surface area (Å²) in [4.78, 5) is 11.8. The van der Waals surface area contributed by atoms with Crippen LogP contribution in [0.5, 0.6) is 11.5 Å². The summed E-state index contributed by atoms with van der Waals surface area (Å²) in [5.41, 5.74) is -0.164. The lowest BCUT2D eigenvalue weighted by Gasteiger charge is -2.11. The van der Waals surface area contributed by atoms with Crippen LogP contribution in [0.25, 0.3) is 0 Å². The Labute approximate surface area is 139 Å². The van der Waals surface area contributed by atoms with Gasteiger partial charge >= 0.3 is 0 Å². The predicted molar refractivity (Wildman–Crippen MR) is 87.3 cm³/mol. The van der Waals surface area contributed by atoms with Crippen LogP contribution in [0.3, 0.4) is 0 Å². The van der Waals surface area contributed by atoms with Crippen molar-refractivity contribution >= 4 is 11.6 Å². The molecule has 1 amide bonds. The van der Waals surface area contributed by atoms with Crippen molar-refractivity contribution in [3.63, 3.8) is 0 Å². The number of carbonyl (C=O) groups is 1. The van der Waals surface area contributed by atoms with E-state index in [4.69, 9.17) is 9.47 Å². The molecule has 0 fully saturated rings. The Hall–Kier alpha value is -2.63. The van der Waals surface area contributed by atoms with Gasteiger partial charge in [-0.3, -0.25) is 4.79 Å². The topological polar surface area (TPSA) is 47.6 Å². The van der Waals surface area contributed by atoms with Crippen LogP contribution < -0.4 is 14.8 Å². The monoisotopic (exact) mass is 335 g/mol. The second-order valence-corrected chi connectivity index (χ2v) is 5.00. The number of halogens is 2. The molecular formula is C18H19F2NO3. The van der Waals surface area contributed by atoms with Gasteiger partial charge in [-0.2, -0.15) is 0 Å². The van der Waals surface area contributed by atoms with Crippen molar-refractivity contribution in [1.29, 1.82) is 0 Å². The van der Waals surface area contributed by atoms with E-state index in [1.165, 1.54) is 0 Å². The van der Waals surface area contributed by atoms with Crippen LogP contribution in [-0.2, 0) is 4.79 Å². The highest BCUT2D eigenvalue weighted by Gasteiger charge is 2.09. The molecule has 0 bridgehead atoms. The Kier molecular flexibility index (Phi) is 6.54. The largest absolute Gasteiger partial charge is 0.490 e. The van der Waals surface area contributed by atoms with Gasteiger partial charge < -0.3 is 14.8 Å². The van der Waals surface area contributed by atoms with Gasteiger partial charge in [0, 0.05) is 12.5 Å². The van der Waals surface area contributed by atoms with Crippen molar-refractivity contribution in [3.05, 3.63) is 54.1 Å². The van der Waals surface area contributed by atoms with Crippen LogP contribution in [0.2, 0.25) is 0 Å².